The molecule has 0 fully saturated rings. The molecule has 0 unspecified atom stereocenters. The van der Waals surface area contributed by atoms with E-state index in [-0.39, 0.29) is 22.8 Å². The Bertz CT molecular complexity index is 627. The summed E-state index contributed by atoms with van der Waals surface area (Å²) in [6, 6.07) is 8.09. The molecule has 0 aromatic heterocycles. The summed E-state index contributed by atoms with van der Waals surface area (Å²) in [6.07, 6.45) is 1.39. The molecule has 0 atom stereocenters. The quantitative estimate of drug-likeness (QED) is 0.700. The van der Waals surface area contributed by atoms with Crippen LogP contribution in [-0.2, 0) is 4.79 Å². The number of primary amides is 1. The van der Waals surface area contributed by atoms with E-state index in [4.69, 9.17) is 11.1 Å². The first kappa shape index (κ1) is 12.8. The molecule has 96 valence electrons. The van der Waals surface area contributed by atoms with Gasteiger partial charge in [0.25, 0.3) is 0 Å². The lowest BCUT2D eigenvalue weighted by Gasteiger charge is -2.19. The van der Waals surface area contributed by atoms with Crippen LogP contribution in [0.2, 0.25) is 0 Å². The van der Waals surface area contributed by atoms with E-state index in [0.717, 1.165) is 0 Å². The zero-order valence-electron chi connectivity index (χ0n) is 10.4. The van der Waals surface area contributed by atoms with Crippen molar-refractivity contribution in [2.75, 3.05) is 0 Å². The Hall–Kier alpha value is -2.69. The molecule has 2 amide bonds. The van der Waals surface area contributed by atoms with Crippen LogP contribution in [0.5, 0.6) is 0 Å². The number of ketones is 1. The number of carbonyl (C=O) groups is 2. The van der Waals surface area contributed by atoms with Crippen LogP contribution in [0, 0.1) is 5.41 Å². The molecule has 0 saturated carbocycles. The molecule has 0 radical (unpaired) electrons. The van der Waals surface area contributed by atoms with Crippen molar-refractivity contribution in [2.24, 2.45) is 5.73 Å². The molecule has 0 heterocycles. The summed E-state index contributed by atoms with van der Waals surface area (Å²) >= 11 is 0. The Labute approximate surface area is 110 Å². The van der Waals surface area contributed by atoms with E-state index in [2.05, 4.69) is 5.32 Å². The fourth-order valence-electron chi connectivity index (χ4n) is 1.93. The highest BCUT2D eigenvalue weighted by atomic mass is 16.2. The van der Waals surface area contributed by atoms with Crippen LogP contribution in [0.1, 0.15) is 12.5 Å². The number of rotatable bonds is 2. The SMILES string of the molecule is CC1=CC(=O)C(c2ccccc2)=C(NC(N)=O)C1=N. The van der Waals surface area contributed by atoms with Gasteiger partial charge in [-0.25, -0.2) is 4.79 Å². The van der Waals surface area contributed by atoms with E-state index in [9.17, 15) is 9.59 Å². The molecule has 0 bridgehead atoms. The Morgan fingerprint density at radius 3 is 2.47 bits per heavy atom. The van der Waals surface area contributed by atoms with Gasteiger partial charge in [-0.05, 0) is 24.1 Å². The largest absolute Gasteiger partial charge is 0.351 e. The van der Waals surface area contributed by atoms with Crippen molar-refractivity contribution in [1.29, 1.82) is 5.41 Å². The maximum absolute atomic E-state index is 12.1. The summed E-state index contributed by atoms with van der Waals surface area (Å²) < 4.78 is 0. The van der Waals surface area contributed by atoms with Crippen molar-refractivity contribution in [1.82, 2.24) is 5.32 Å². The second-order valence-electron chi connectivity index (χ2n) is 4.17. The Morgan fingerprint density at radius 2 is 1.89 bits per heavy atom. The smallest absolute Gasteiger partial charge is 0.316 e. The van der Waals surface area contributed by atoms with E-state index in [0.29, 0.717) is 11.1 Å². The van der Waals surface area contributed by atoms with Gasteiger partial charge in [-0.3, -0.25) is 10.2 Å². The van der Waals surface area contributed by atoms with Gasteiger partial charge in [0.15, 0.2) is 5.78 Å². The molecular formula is C14H13N3O2. The number of carbonyl (C=O) groups excluding carboxylic acids is 2. The molecule has 1 aromatic rings. The molecule has 5 heteroatoms. The molecule has 0 aliphatic heterocycles. The molecule has 19 heavy (non-hydrogen) atoms. The molecule has 2 rings (SSSR count). The standard InChI is InChI=1S/C14H13N3O2/c1-8-7-10(18)11(9-5-3-2-4-6-9)13(12(8)15)17-14(16)19/h2-7,15H,1H3,(H3,16,17,19). The van der Waals surface area contributed by atoms with Crippen molar-refractivity contribution in [3.8, 4) is 0 Å². The van der Waals surface area contributed by atoms with Gasteiger partial charge in [0.2, 0.25) is 0 Å². The predicted molar refractivity (Wildman–Crippen MR) is 72.6 cm³/mol. The third kappa shape index (κ3) is 2.44. The summed E-state index contributed by atoms with van der Waals surface area (Å²) in [5.41, 5.74) is 6.78. The van der Waals surface area contributed by atoms with Gasteiger partial charge < -0.3 is 11.1 Å². The second-order valence-corrected chi connectivity index (χ2v) is 4.17. The van der Waals surface area contributed by atoms with E-state index >= 15 is 0 Å². The number of nitrogens with one attached hydrogen (secondary N) is 2. The third-order valence-corrected chi connectivity index (χ3v) is 2.80. The lowest BCUT2D eigenvalue weighted by atomic mass is 9.89. The summed E-state index contributed by atoms with van der Waals surface area (Å²) in [7, 11) is 0. The van der Waals surface area contributed by atoms with Gasteiger partial charge in [0.05, 0.1) is 17.0 Å². The minimum absolute atomic E-state index is 0.0947. The zero-order chi connectivity index (χ0) is 14.0. The minimum Gasteiger partial charge on any atom is -0.351 e. The van der Waals surface area contributed by atoms with Crippen molar-refractivity contribution < 1.29 is 9.59 Å². The lowest BCUT2D eigenvalue weighted by molar-refractivity contribution is -0.109. The van der Waals surface area contributed by atoms with E-state index in [1.807, 2.05) is 6.07 Å². The zero-order valence-corrected chi connectivity index (χ0v) is 10.4. The van der Waals surface area contributed by atoms with Crippen molar-refractivity contribution >= 4 is 23.1 Å². The molecule has 1 aliphatic rings. The number of nitrogens with two attached hydrogens (primary N) is 1. The number of urea groups is 1. The average Bonchev–Trinajstić information content (AvgIpc) is 2.36. The second kappa shape index (κ2) is 4.89. The molecular weight excluding hydrogens is 242 g/mol. The third-order valence-electron chi connectivity index (χ3n) is 2.80. The van der Waals surface area contributed by atoms with Crippen LogP contribution in [0.15, 0.2) is 47.7 Å². The average molecular weight is 255 g/mol. The maximum atomic E-state index is 12.1. The Balaban J connectivity index is 2.61. The fourth-order valence-corrected chi connectivity index (χ4v) is 1.93. The summed E-state index contributed by atoms with van der Waals surface area (Å²) in [5, 5.41) is 10.3. The highest BCUT2D eigenvalue weighted by Gasteiger charge is 2.25. The molecule has 4 N–H and O–H groups in total. The highest BCUT2D eigenvalue weighted by Crippen LogP contribution is 2.25. The molecule has 1 aliphatic carbocycles. The highest BCUT2D eigenvalue weighted by molar-refractivity contribution is 6.38. The van der Waals surface area contributed by atoms with E-state index in [1.165, 1.54) is 6.08 Å². The summed E-state index contributed by atoms with van der Waals surface area (Å²) in [6.45, 7) is 1.64. The fraction of sp³-hybridized carbons (Fsp3) is 0.0714. The molecule has 5 nitrogen and oxygen atoms in total. The van der Waals surface area contributed by atoms with Gasteiger partial charge in [-0.1, -0.05) is 30.3 Å². The van der Waals surface area contributed by atoms with E-state index < -0.39 is 6.03 Å². The number of allylic oxidation sites excluding steroid dienone is 3. The van der Waals surface area contributed by atoms with Gasteiger partial charge in [-0.15, -0.1) is 0 Å². The summed E-state index contributed by atoms with van der Waals surface area (Å²) in [4.78, 5) is 23.2. The minimum atomic E-state index is -0.796. The van der Waals surface area contributed by atoms with Crippen LogP contribution in [0.3, 0.4) is 0 Å². The van der Waals surface area contributed by atoms with Crippen LogP contribution < -0.4 is 11.1 Å². The number of amides is 2. The Morgan fingerprint density at radius 1 is 1.26 bits per heavy atom. The van der Waals surface area contributed by atoms with Crippen molar-refractivity contribution in [3.63, 3.8) is 0 Å². The molecule has 0 spiro atoms. The first-order valence-electron chi connectivity index (χ1n) is 5.68. The van der Waals surface area contributed by atoms with Gasteiger partial charge >= 0.3 is 6.03 Å². The van der Waals surface area contributed by atoms with Gasteiger partial charge in [0.1, 0.15) is 0 Å². The first-order chi connectivity index (χ1) is 9.00. The number of hydrogen-bond donors (Lipinski definition) is 3. The van der Waals surface area contributed by atoms with E-state index in [1.54, 1.807) is 31.2 Å². The van der Waals surface area contributed by atoms with Crippen molar-refractivity contribution in [2.45, 2.75) is 6.92 Å². The normalized spacial score (nSPS) is 15.3. The van der Waals surface area contributed by atoms with Crippen LogP contribution in [0.4, 0.5) is 4.79 Å². The van der Waals surface area contributed by atoms with Crippen LogP contribution in [-0.4, -0.2) is 17.5 Å². The molecule has 0 saturated heterocycles. The lowest BCUT2D eigenvalue weighted by Crippen LogP contribution is -2.35. The van der Waals surface area contributed by atoms with Gasteiger partial charge in [-0.2, -0.15) is 0 Å². The van der Waals surface area contributed by atoms with Crippen LogP contribution >= 0.6 is 0 Å². The Kier molecular flexibility index (Phi) is 3.29. The summed E-state index contributed by atoms with van der Waals surface area (Å²) in [5.74, 6) is -0.247. The maximum Gasteiger partial charge on any atom is 0.316 e. The number of benzene rings is 1. The van der Waals surface area contributed by atoms with Gasteiger partial charge in [0, 0.05) is 0 Å². The predicted octanol–water partition coefficient (Wildman–Crippen LogP) is 1.61. The van der Waals surface area contributed by atoms with Crippen molar-refractivity contribution in [3.05, 3.63) is 53.2 Å². The van der Waals surface area contributed by atoms with Crippen LogP contribution in [0.25, 0.3) is 5.57 Å². The molecule has 1 aromatic carbocycles. The topological polar surface area (TPSA) is 96.0 Å². The monoisotopic (exact) mass is 255 g/mol. The first-order valence-corrected chi connectivity index (χ1v) is 5.68. The number of hydrogen-bond acceptors (Lipinski definition) is 3.